The van der Waals surface area contributed by atoms with Crippen LogP contribution in [0.4, 0.5) is 4.79 Å². The van der Waals surface area contributed by atoms with E-state index in [9.17, 15) is 9.59 Å². The zero-order valence-electron chi connectivity index (χ0n) is 22.4. The maximum atomic E-state index is 12.9. The Kier molecular flexibility index (Phi) is 8.85. The van der Waals surface area contributed by atoms with Gasteiger partial charge in [0, 0.05) is 6.42 Å². The Bertz CT molecular complexity index is 1020. The van der Waals surface area contributed by atoms with Gasteiger partial charge in [-0.2, -0.15) is 0 Å². The highest BCUT2D eigenvalue weighted by Crippen LogP contribution is 2.32. The monoisotopic (exact) mass is 495 g/mol. The molecule has 0 bridgehead atoms. The minimum atomic E-state index is -0.901. The van der Waals surface area contributed by atoms with E-state index in [4.69, 9.17) is 18.8 Å². The molecular formula is C28H38BNO6. The highest BCUT2D eigenvalue weighted by Gasteiger charge is 2.47. The predicted octanol–water partition coefficient (Wildman–Crippen LogP) is 4.41. The number of hydrogen-bond acceptors (Lipinski definition) is 6. The maximum Gasteiger partial charge on any atom is 0.494 e. The van der Waals surface area contributed by atoms with Crippen LogP contribution in [0.5, 0.6) is 0 Å². The van der Waals surface area contributed by atoms with Gasteiger partial charge in [-0.25, -0.2) is 9.59 Å². The van der Waals surface area contributed by atoms with E-state index in [1.165, 1.54) is 0 Å². The van der Waals surface area contributed by atoms with Crippen molar-refractivity contribution in [2.24, 2.45) is 5.92 Å². The van der Waals surface area contributed by atoms with E-state index < -0.39 is 30.8 Å². The number of carbonyl (C=O) groups excluding carboxylic acids is 2. The van der Waals surface area contributed by atoms with Gasteiger partial charge in [-0.05, 0) is 57.1 Å². The van der Waals surface area contributed by atoms with Crippen LogP contribution >= 0.6 is 0 Å². The number of benzene rings is 2. The Hall–Kier alpha value is -2.84. The van der Waals surface area contributed by atoms with Crippen LogP contribution in [0.25, 0.3) is 0 Å². The minimum Gasteiger partial charge on any atom is -0.458 e. The number of esters is 1. The third-order valence-electron chi connectivity index (χ3n) is 5.86. The van der Waals surface area contributed by atoms with Gasteiger partial charge in [-0.15, -0.1) is 0 Å². The Balaban J connectivity index is 1.67. The zero-order chi connectivity index (χ0) is 26.5. The fourth-order valence-corrected chi connectivity index (χ4v) is 4.29. The Morgan fingerprint density at radius 1 is 1.03 bits per heavy atom. The summed E-state index contributed by atoms with van der Waals surface area (Å²) in [5.41, 5.74) is 1.54. The number of alkyl carbamates (subject to hydrolysis) is 1. The summed E-state index contributed by atoms with van der Waals surface area (Å²) in [4.78, 5) is 25.4. The summed E-state index contributed by atoms with van der Waals surface area (Å²) in [6, 6.07) is 16.1. The SMILES string of the molecule is CC(C)C1OB(c2ccc(C[C@H](NC(=O)OCc3ccccc3)C(=O)OC(C)(C)C)cc2)OC1(C)C. The van der Waals surface area contributed by atoms with Crippen molar-refractivity contribution in [3.63, 3.8) is 0 Å². The van der Waals surface area contributed by atoms with E-state index in [1.54, 1.807) is 20.8 Å². The van der Waals surface area contributed by atoms with Crippen molar-refractivity contribution in [1.29, 1.82) is 0 Å². The zero-order valence-corrected chi connectivity index (χ0v) is 22.4. The second kappa shape index (κ2) is 11.5. The molecule has 194 valence electrons. The molecule has 0 saturated carbocycles. The van der Waals surface area contributed by atoms with Gasteiger partial charge >= 0.3 is 19.2 Å². The van der Waals surface area contributed by atoms with Gasteiger partial charge in [0.25, 0.3) is 0 Å². The number of rotatable bonds is 8. The number of carbonyl (C=O) groups is 2. The normalized spacial score (nSPS) is 18.1. The van der Waals surface area contributed by atoms with E-state index in [2.05, 4.69) is 19.2 Å². The smallest absolute Gasteiger partial charge is 0.458 e. The summed E-state index contributed by atoms with van der Waals surface area (Å²) >= 11 is 0. The molecule has 1 aliphatic rings. The molecule has 1 amide bonds. The molecule has 1 unspecified atom stereocenters. The van der Waals surface area contributed by atoms with E-state index >= 15 is 0 Å². The fourth-order valence-electron chi connectivity index (χ4n) is 4.29. The van der Waals surface area contributed by atoms with E-state index in [1.807, 2.05) is 68.4 Å². The van der Waals surface area contributed by atoms with Gasteiger partial charge in [0.1, 0.15) is 18.2 Å². The molecule has 2 aromatic carbocycles. The van der Waals surface area contributed by atoms with Crippen molar-refractivity contribution in [3.8, 4) is 0 Å². The average molecular weight is 495 g/mol. The van der Waals surface area contributed by atoms with Crippen LogP contribution in [-0.4, -0.2) is 42.5 Å². The van der Waals surface area contributed by atoms with E-state index in [0.717, 1.165) is 16.6 Å². The summed E-state index contributed by atoms with van der Waals surface area (Å²) < 4.78 is 23.2. The summed E-state index contributed by atoms with van der Waals surface area (Å²) in [7, 11) is -0.450. The molecule has 1 N–H and O–H groups in total. The Morgan fingerprint density at radius 2 is 1.67 bits per heavy atom. The van der Waals surface area contributed by atoms with Crippen LogP contribution in [0, 0.1) is 5.92 Å². The highest BCUT2D eigenvalue weighted by atomic mass is 16.7. The van der Waals surface area contributed by atoms with Crippen LogP contribution in [0.2, 0.25) is 0 Å². The third kappa shape index (κ3) is 7.83. The van der Waals surface area contributed by atoms with Crippen LogP contribution in [0.15, 0.2) is 54.6 Å². The summed E-state index contributed by atoms with van der Waals surface area (Å²) in [6.45, 7) is 13.8. The number of nitrogens with one attached hydrogen (secondary N) is 1. The molecule has 8 heteroatoms. The largest absolute Gasteiger partial charge is 0.494 e. The van der Waals surface area contributed by atoms with Crippen LogP contribution in [0.1, 0.15) is 59.6 Å². The summed E-state index contributed by atoms with van der Waals surface area (Å²) in [5.74, 6) is -0.196. The molecular weight excluding hydrogens is 457 g/mol. The maximum absolute atomic E-state index is 12.9. The van der Waals surface area contributed by atoms with E-state index in [0.29, 0.717) is 5.92 Å². The average Bonchev–Trinajstić information content (AvgIpc) is 3.12. The molecule has 2 aromatic rings. The third-order valence-corrected chi connectivity index (χ3v) is 5.86. The van der Waals surface area contributed by atoms with Gasteiger partial charge < -0.3 is 24.1 Å². The molecule has 7 nitrogen and oxygen atoms in total. The summed E-state index contributed by atoms with van der Waals surface area (Å²) in [6.07, 6.45) is -0.437. The fraction of sp³-hybridized carbons (Fsp3) is 0.500. The summed E-state index contributed by atoms with van der Waals surface area (Å²) in [5, 5.41) is 2.67. The molecule has 1 fully saturated rings. The van der Waals surface area contributed by atoms with Crippen LogP contribution in [-0.2, 0) is 36.6 Å². The standard InChI is InChI=1S/C28H38BNO6/c1-19(2)24-28(6,7)36-29(35-24)22-15-13-20(14-16-22)17-23(25(31)34-27(3,4)5)30-26(32)33-18-21-11-9-8-10-12-21/h8-16,19,23-24H,17-18H2,1-7H3,(H,30,32)/t23-,24?/m0/s1. The lowest BCUT2D eigenvalue weighted by Crippen LogP contribution is -2.45. The first-order valence-electron chi connectivity index (χ1n) is 12.5. The second-order valence-corrected chi connectivity index (χ2v) is 11.1. The molecule has 0 radical (unpaired) electrons. The van der Waals surface area contributed by atoms with Crippen molar-refractivity contribution in [1.82, 2.24) is 5.32 Å². The molecule has 0 aromatic heterocycles. The van der Waals surface area contributed by atoms with Gasteiger partial charge in [0.15, 0.2) is 0 Å². The van der Waals surface area contributed by atoms with Crippen molar-refractivity contribution in [2.75, 3.05) is 0 Å². The molecule has 36 heavy (non-hydrogen) atoms. The van der Waals surface area contributed by atoms with Gasteiger partial charge in [0.05, 0.1) is 11.7 Å². The number of amides is 1. The lowest BCUT2D eigenvalue weighted by Gasteiger charge is -2.28. The lowest BCUT2D eigenvalue weighted by atomic mass is 9.78. The van der Waals surface area contributed by atoms with Crippen molar-refractivity contribution in [3.05, 3.63) is 65.7 Å². The Morgan fingerprint density at radius 3 is 2.22 bits per heavy atom. The molecule has 1 heterocycles. The molecule has 0 aliphatic carbocycles. The highest BCUT2D eigenvalue weighted by molar-refractivity contribution is 6.62. The topological polar surface area (TPSA) is 83.1 Å². The number of hydrogen-bond donors (Lipinski definition) is 1. The van der Waals surface area contributed by atoms with Crippen molar-refractivity contribution < 1.29 is 28.4 Å². The van der Waals surface area contributed by atoms with Gasteiger partial charge in [-0.1, -0.05) is 68.4 Å². The molecule has 1 aliphatic heterocycles. The van der Waals surface area contributed by atoms with Crippen molar-refractivity contribution >= 4 is 24.6 Å². The first kappa shape index (κ1) is 27.7. The lowest BCUT2D eigenvalue weighted by molar-refractivity contribution is -0.157. The van der Waals surface area contributed by atoms with Crippen molar-refractivity contribution in [2.45, 2.75) is 84.8 Å². The molecule has 3 rings (SSSR count). The molecule has 2 atom stereocenters. The molecule has 0 spiro atoms. The second-order valence-electron chi connectivity index (χ2n) is 11.1. The van der Waals surface area contributed by atoms with E-state index in [-0.39, 0.29) is 24.7 Å². The number of ether oxygens (including phenoxy) is 2. The predicted molar refractivity (Wildman–Crippen MR) is 140 cm³/mol. The van der Waals surface area contributed by atoms with Gasteiger partial charge in [0.2, 0.25) is 0 Å². The Labute approximate surface area is 215 Å². The minimum absolute atomic E-state index is 0.00942. The first-order valence-corrected chi connectivity index (χ1v) is 12.5. The van der Waals surface area contributed by atoms with Crippen LogP contribution in [0.3, 0.4) is 0 Å². The van der Waals surface area contributed by atoms with Crippen LogP contribution < -0.4 is 10.8 Å². The first-order chi connectivity index (χ1) is 16.8. The quantitative estimate of drug-likeness (QED) is 0.432. The molecule has 1 saturated heterocycles. The van der Waals surface area contributed by atoms with Gasteiger partial charge in [-0.3, -0.25) is 0 Å².